The first-order valence-electron chi connectivity index (χ1n) is 5.78. The van der Waals surface area contributed by atoms with Crippen molar-refractivity contribution in [2.45, 2.75) is 27.3 Å². The molecule has 0 N–H and O–H groups in total. The highest BCUT2D eigenvalue weighted by Crippen LogP contribution is 2.19. The first-order valence-corrected chi connectivity index (χ1v) is 5.78. The summed E-state index contributed by atoms with van der Waals surface area (Å²) in [7, 11) is 0. The second-order valence-corrected chi connectivity index (χ2v) is 4.19. The van der Waals surface area contributed by atoms with Gasteiger partial charge >= 0.3 is 0 Å². The Morgan fingerprint density at radius 3 is 2.44 bits per heavy atom. The summed E-state index contributed by atoms with van der Waals surface area (Å²) in [5.41, 5.74) is 5.25. The Hall–Kier alpha value is -1.63. The number of pyridine rings is 1. The Labute approximate surface area is 97.4 Å². The van der Waals surface area contributed by atoms with Crippen LogP contribution in [0.4, 0.5) is 0 Å². The summed E-state index contributed by atoms with van der Waals surface area (Å²) in [6, 6.07) is 12.9. The molecule has 16 heavy (non-hydrogen) atoms. The van der Waals surface area contributed by atoms with Crippen molar-refractivity contribution in [3.63, 3.8) is 0 Å². The van der Waals surface area contributed by atoms with Crippen LogP contribution in [0.2, 0.25) is 0 Å². The molecule has 0 aliphatic heterocycles. The van der Waals surface area contributed by atoms with E-state index in [1.54, 1.807) is 0 Å². The Balaban J connectivity index is 2.60. The highest BCUT2D eigenvalue weighted by Gasteiger charge is 2.12. The molecule has 0 aliphatic carbocycles. The zero-order chi connectivity index (χ0) is 11.5. The molecule has 0 radical (unpaired) electrons. The van der Waals surface area contributed by atoms with Crippen LogP contribution in [0, 0.1) is 13.8 Å². The van der Waals surface area contributed by atoms with E-state index >= 15 is 0 Å². The molecule has 1 aromatic carbocycles. The van der Waals surface area contributed by atoms with Crippen LogP contribution >= 0.6 is 0 Å². The summed E-state index contributed by atoms with van der Waals surface area (Å²) in [6.07, 6.45) is 2.21. The van der Waals surface area contributed by atoms with E-state index in [1.165, 1.54) is 22.4 Å². The molecule has 1 nitrogen and oxygen atoms in total. The summed E-state index contributed by atoms with van der Waals surface area (Å²) in [4.78, 5) is 0. The molecule has 82 valence electrons. The summed E-state index contributed by atoms with van der Waals surface area (Å²) in [5.74, 6) is 0. The van der Waals surface area contributed by atoms with E-state index in [1.807, 2.05) is 0 Å². The van der Waals surface area contributed by atoms with Gasteiger partial charge in [0.1, 0.15) is 6.54 Å². The largest absolute Gasteiger partial charge is 0.212 e. The number of nitrogens with zero attached hydrogens (tertiary/aromatic N) is 1. The molecule has 1 heterocycles. The fourth-order valence-electron chi connectivity index (χ4n) is 2.03. The van der Waals surface area contributed by atoms with Crippen molar-refractivity contribution in [1.29, 1.82) is 0 Å². The molecule has 0 unspecified atom stereocenters. The third-order valence-corrected chi connectivity index (χ3v) is 2.93. The number of hydrogen-bond acceptors (Lipinski definition) is 0. The van der Waals surface area contributed by atoms with Gasteiger partial charge in [0.15, 0.2) is 6.20 Å². The Morgan fingerprint density at radius 2 is 1.75 bits per heavy atom. The molecule has 0 atom stereocenters. The standard InChI is InChI=1S/C15H18N/c1-4-16-11-12(2)9-10-15(16)14-8-6-5-7-13(14)3/h5-11H,4H2,1-3H3/q+1. The van der Waals surface area contributed by atoms with E-state index in [9.17, 15) is 0 Å². The quantitative estimate of drug-likeness (QED) is 0.673. The molecular weight excluding hydrogens is 194 g/mol. The fourth-order valence-corrected chi connectivity index (χ4v) is 2.03. The molecule has 0 fully saturated rings. The number of aryl methyl sites for hydroxylation is 3. The van der Waals surface area contributed by atoms with Gasteiger partial charge in [-0.2, -0.15) is 4.57 Å². The second kappa shape index (κ2) is 4.48. The zero-order valence-electron chi connectivity index (χ0n) is 10.2. The summed E-state index contributed by atoms with van der Waals surface area (Å²) < 4.78 is 2.30. The van der Waals surface area contributed by atoms with Crippen molar-refractivity contribution in [2.24, 2.45) is 0 Å². The maximum atomic E-state index is 2.30. The lowest BCUT2D eigenvalue weighted by molar-refractivity contribution is -0.683. The first kappa shape index (κ1) is 10.9. The van der Waals surface area contributed by atoms with E-state index in [0.717, 1.165) is 6.54 Å². The molecule has 2 rings (SSSR count). The van der Waals surface area contributed by atoms with Crippen LogP contribution in [0.15, 0.2) is 42.6 Å². The number of rotatable bonds is 2. The van der Waals surface area contributed by atoms with E-state index in [0.29, 0.717) is 0 Å². The Kier molecular flexibility index (Phi) is 3.04. The van der Waals surface area contributed by atoms with Crippen LogP contribution in [-0.4, -0.2) is 0 Å². The maximum absolute atomic E-state index is 2.30. The van der Waals surface area contributed by atoms with Crippen molar-refractivity contribution >= 4 is 0 Å². The molecule has 0 saturated carbocycles. The average Bonchev–Trinajstić information content (AvgIpc) is 2.30. The minimum atomic E-state index is 1.01. The topological polar surface area (TPSA) is 3.88 Å². The number of benzene rings is 1. The van der Waals surface area contributed by atoms with E-state index < -0.39 is 0 Å². The van der Waals surface area contributed by atoms with E-state index in [4.69, 9.17) is 0 Å². The summed E-state index contributed by atoms with van der Waals surface area (Å²) >= 11 is 0. The van der Waals surface area contributed by atoms with Gasteiger partial charge in [-0.1, -0.05) is 18.2 Å². The Bertz CT molecular complexity index is 501. The lowest BCUT2D eigenvalue weighted by atomic mass is 10.0. The molecule has 0 spiro atoms. The van der Waals surface area contributed by atoms with Crippen LogP contribution in [0.25, 0.3) is 11.3 Å². The highest BCUT2D eigenvalue weighted by molar-refractivity contribution is 5.60. The van der Waals surface area contributed by atoms with Gasteiger partial charge in [-0.25, -0.2) is 0 Å². The third kappa shape index (κ3) is 1.99. The average molecular weight is 212 g/mol. The molecule has 0 amide bonds. The van der Waals surface area contributed by atoms with Gasteiger partial charge in [-0.3, -0.25) is 0 Å². The lowest BCUT2D eigenvalue weighted by Gasteiger charge is -2.05. The molecule has 0 bridgehead atoms. The third-order valence-electron chi connectivity index (χ3n) is 2.93. The second-order valence-electron chi connectivity index (χ2n) is 4.19. The van der Waals surface area contributed by atoms with Crippen LogP contribution < -0.4 is 4.57 Å². The van der Waals surface area contributed by atoms with Crippen molar-refractivity contribution in [3.8, 4) is 11.3 Å². The molecule has 1 aromatic heterocycles. The molecular formula is C15H18N+. The van der Waals surface area contributed by atoms with Gasteiger partial charge in [0, 0.05) is 17.2 Å². The molecule has 1 heteroatoms. The molecule has 0 saturated heterocycles. The summed E-state index contributed by atoms with van der Waals surface area (Å²) in [5, 5.41) is 0. The van der Waals surface area contributed by atoms with Gasteiger partial charge in [0.05, 0.1) is 0 Å². The zero-order valence-corrected chi connectivity index (χ0v) is 10.2. The van der Waals surface area contributed by atoms with Crippen LogP contribution in [0.1, 0.15) is 18.1 Å². The monoisotopic (exact) mass is 212 g/mol. The highest BCUT2D eigenvalue weighted by atomic mass is 14.9. The lowest BCUT2D eigenvalue weighted by Crippen LogP contribution is -2.35. The minimum absolute atomic E-state index is 1.01. The van der Waals surface area contributed by atoms with Gasteiger partial charge in [0.25, 0.3) is 0 Å². The number of aromatic nitrogens is 1. The van der Waals surface area contributed by atoms with Gasteiger partial charge in [-0.15, -0.1) is 0 Å². The van der Waals surface area contributed by atoms with Crippen LogP contribution in [0.3, 0.4) is 0 Å². The minimum Gasteiger partial charge on any atom is -0.198 e. The number of hydrogen-bond donors (Lipinski definition) is 0. The smallest absolute Gasteiger partial charge is 0.198 e. The SMILES string of the molecule is CC[n+]1cc(C)ccc1-c1ccccc1C. The van der Waals surface area contributed by atoms with E-state index in [2.05, 4.69) is 67.9 Å². The fraction of sp³-hybridized carbons (Fsp3) is 0.267. The van der Waals surface area contributed by atoms with E-state index in [-0.39, 0.29) is 0 Å². The van der Waals surface area contributed by atoms with Crippen molar-refractivity contribution < 1.29 is 4.57 Å². The predicted molar refractivity (Wildman–Crippen MR) is 67.2 cm³/mol. The first-order chi connectivity index (χ1) is 7.72. The maximum Gasteiger partial charge on any atom is 0.212 e. The van der Waals surface area contributed by atoms with Crippen molar-refractivity contribution in [3.05, 3.63) is 53.7 Å². The predicted octanol–water partition coefficient (Wildman–Crippen LogP) is 3.28. The van der Waals surface area contributed by atoms with Gasteiger partial charge in [-0.05, 0) is 38.5 Å². The van der Waals surface area contributed by atoms with Crippen molar-refractivity contribution in [2.75, 3.05) is 0 Å². The molecule has 2 aromatic rings. The van der Waals surface area contributed by atoms with Gasteiger partial charge < -0.3 is 0 Å². The van der Waals surface area contributed by atoms with Crippen LogP contribution in [0.5, 0.6) is 0 Å². The summed E-state index contributed by atoms with van der Waals surface area (Å²) in [6.45, 7) is 7.48. The molecule has 0 aliphatic rings. The van der Waals surface area contributed by atoms with Crippen molar-refractivity contribution in [1.82, 2.24) is 0 Å². The van der Waals surface area contributed by atoms with Crippen LogP contribution in [-0.2, 0) is 6.54 Å². The normalized spacial score (nSPS) is 10.4. The van der Waals surface area contributed by atoms with Gasteiger partial charge in [0.2, 0.25) is 5.69 Å². The Morgan fingerprint density at radius 1 is 1.00 bits per heavy atom.